The van der Waals surface area contributed by atoms with Crippen LogP contribution in [0.15, 0.2) is 261 Å². The molecule has 0 fully saturated rings. The normalized spacial score (nSPS) is 12.7. The van der Waals surface area contributed by atoms with E-state index < -0.39 is 0 Å². The van der Waals surface area contributed by atoms with Crippen LogP contribution in [0.3, 0.4) is 0 Å². The monoisotopic (exact) mass is 1740 g/mol. The summed E-state index contributed by atoms with van der Waals surface area (Å²) in [5.41, 5.74) is 52.5. The van der Waals surface area contributed by atoms with Gasteiger partial charge < -0.3 is 0 Å². The van der Waals surface area contributed by atoms with Crippen LogP contribution < -0.4 is 27.4 Å². The molecule has 12 heterocycles. The first kappa shape index (κ1) is 89.3. The summed E-state index contributed by atoms with van der Waals surface area (Å²) in [6.45, 7) is 55.6. The van der Waals surface area contributed by atoms with E-state index in [0.29, 0.717) is 29.6 Å². The summed E-state index contributed by atoms with van der Waals surface area (Å²) in [6.07, 6.45) is 9.08. The number of rotatable bonds is 9. The highest BCUT2D eigenvalue weighted by Gasteiger charge is 2.39. The quantitative estimate of drug-likeness (QED) is 0.129. The highest BCUT2D eigenvalue weighted by molar-refractivity contribution is 5.99. The maximum atomic E-state index is 2.55. The number of para-hydroxylation sites is 2. The van der Waals surface area contributed by atoms with Gasteiger partial charge in [0.05, 0.1) is 54.9 Å². The van der Waals surface area contributed by atoms with Crippen LogP contribution in [0.4, 0.5) is 0 Å². The van der Waals surface area contributed by atoms with Gasteiger partial charge in [0.25, 0.3) is 0 Å². The van der Waals surface area contributed by atoms with Gasteiger partial charge in [-0.05, 0) is 309 Å². The van der Waals surface area contributed by atoms with Crippen LogP contribution in [0.5, 0.6) is 0 Å². The Balaban J connectivity index is 0.000000103. The molecule has 666 valence electrons. The van der Waals surface area contributed by atoms with E-state index in [2.05, 4.69) is 441 Å². The summed E-state index contributed by atoms with van der Waals surface area (Å²) >= 11 is 0. The molecule has 6 aromatic heterocycles. The topological polar surface area (TPSA) is 23.3 Å². The number of hydrogen-bond donors (Lipinski definition) is 0. The second-order valence-electron chi connectivity index (χ2n) is 41.9. The SMILES string of the molecule is CC(C)Cc1cc(CC(C)C)c2c(c1)-c1ccc3ccccc3[n+]1C2.Cc1cc(C)c2c(c1)-c1c(C)cc3ccccc3[n+]1C2.Cc1cc(C)c2c(c1)-c1c3cc(C(C)C)ccc3cc[n+]1C2.Cc1cc(C)c2c(c1)-c1c3cc(CC(C)C)ccc3cc[n+]1C2.Cc1cc(C)c2c(c1)-c1c3ccccc3cc(C)[n+]1C2.Cc1cc(C)c2c(c1)-c1c3ccccc3cc(CC(C)C)[n+]1C2. The minimum atomic E-state index is 0.561. The fraction of sp³-hybridized carbons (Fsp3) is 0.291. The van der Waals surface area contributed by atoms with E-state index in [-0.39, 0.29) is 0 Å². The Morgan fingerprint density at radius 3 is 1.19 bits per heavy atom. The lowest BCUT2D eigenvalue weighted by molar-refractivity contribution is -0.678. The van der Waals surface area contributed by atoms with E-state index in [1.807, 2.05) is 0 Å². The fourth-order valence-corrected chi connectivity index (χ4v) is 23.1. The molecule has 0 amide bonds. The molecule has 0 atom stereocenters. The molecule has 0 saturated heterocycles. The summed E-state index contributed by atoms with van der Waals surface area (Å²) < 4.78 is 14.8. The van der Waals surface area contributed by atoms with Crippen molar-refractivity contribution in [1.82, 2.24) is 0 Å². The smallest absolute Gasteiger partial charge is 0.193 e. The minimum absolute atomic E-state index is 0.561. The molecule has 6 heteroatoms. The predicted molar refractivity (Wildman–Crippen MR) is 557 cm³/mol. The van der Waals surface area contributed by atoms with Crippen molar-refractivity contribution in [2.45, 2.75) is 223 Å². The Kier molecular flexibility index (Phi) is 24.3. The van der Waals surface area contributed by atoms with Crippen molar-refractivity contribution in [3.63, 3.8) is 0 Å². The average Bonchev–Trinajstić information content (AvgIpc) is 1.61. The highest BCUT2D eigenvalue weighted by atomic mass is 15.0. The molecule has 24 rings (SSSR count). The molecule has 133 heavy (non-hydrogen) atoms. The van der Waals surface area contributed by atoms with Crippen molar-refractivity contribution in [2.75, 3.05) is 0 Å². The van der Waals surface area contributed by atoms with Gasteiger partial charge >= 0.3 is 0 Å². The van der Waals surface area contributed by atoms with Crippen molar-refractivity contribution < 1.29 is 27.4 Å². The Morgan fingerprint density at radius 1 is 0.248 bits per heavy atom. The molecule has 6 aliphatic heterocycles. The van der Waals surface area contributed by atoms with Gasteiger partial charge in [0.15, 0.2) is 63.1 Å². The Morgan fingerprint density at radius 2 is 0.662 bits per heavy atom. The second-order valence-corrected chi connectivity index (χ2v) is 41.9. The molecule has 0 radical (unpaired) electrons. The standard InChI is InChI=1S/C24H28N.2C22H24N.C21H22N.2C19H18N/c1-16(2)11-18-13-20(12-17(3)4)22-15-25-23-8-6-5-7-19(23)9-10-24(25)21(22)14-18;1-14(2)9-17-5-6-18-7-8-23-13-21-16(4)10-15(3)11-20(21)22(23)19(18)12-17;1-14(2)9-18-12-17-7-5-6-8-19(17)22-20-11-15(3)10-16(4)21(20)13-23(18)22;1-13(2)17-6-5-16-7-8-22-12-20-15(4)9-14(3)10-19(20)21(22)18(16)11-17;1-12-8-13(2)17-11-20-18-7-5-4-6-15(18)10-14(3)19(20)16(17)9-12;1-12-8-13(2)18-11-20-14(3)10-15-6-4-5-7-16(15)19(20)17(18)9-12/h5-10,13-14,16-17H,11-12,15H2,1-4H3;2*5-8,10-12,14H,9,13H2,1-4H3;5-11,13H,12H2,1-4H3;2*4-10H,11H2,1-3H3/q6*+1. The van der Waals surface area contributed by atoms with Crippen LogP contribution in [0, 0.1) is 107 Å². The van der Waals surface area contributed by atoms with Gasteiger partial charge in [0.1, 0.15) is 0 Å². The van der Waals surface area contributed by atoms with Crippen molar-refractivity contribution >= 4 is 64.9 Å². The number of benzene rings is 12. The van der Waals surface area contributed by atoms with E-state index in [9.17, 15) is 0 Å². The zero-order chi connectivity index (χ0) is 93.0. The number of aromatic nitrogens is 6. The minimum Gasteiger partial charge on any atom is -0.193 e. The lowest BCUT2D eigenvalue weighted by atomic mass is 9.90. The highest BCUT2D eigenvalue weighted by Crippen LogP contribution is 2.44. The molecule has 0 spiro atoms. The molecule has 0 aliphatic carbocycles. The van der Waals surface area contributed by atoms with Gasteiger partial charge in [0.2, 0.25) is 45.2 Å². The zero-order valence-electron chi connectivity index (χ0n) is 83.0. The summed E-state index contributed by atoms with van der Waals surface area (Å²) in [4.78, 5) is 0. The summed E-state index contributed by atoms with van der Waals surface area (Å²) in [7, 11) is 0. The second kappa shape index (κ2) is 36.2. The molecule has 0 N–H and O–H groups in total. The molecule has 12 aromatic carbocycles. The number of pyridine rings is 6. The van der Waals surface area contributed by atoms with Crippen molar-refractivity contribution in [1.29, 1.82) is 0 Å². The molecule has 18 aromatic rings. The molecule has 0 bridgehead atoms. The third-order valence-corrected chi connectivity index (χ3v) is 28.9. The van der Waals surface area contributed by atoms with Crippen LogP contribution in [0.2, 0.25) is 0 Å². The van der Waals surface area contributed by atoms with E-state index in [0.717, 1.165) is 58.5 Å². The molecule has 6 aliphatic rings. The molecule has 6 nitrogen and oxygen atoms in total. The van der Waals surface area contributed by atoms with Crippen LogP contribution in [0.25, 0.3) is 132 Å². The molecular weight excluding hydrogens is 1610 g/mol. The summed E-state index contributed by atoms with van der Waals surface area (Å²) in [5.74, 6) is 3.29. The van der Waals surface area contributed by atoms with E-state index in [4.69, 9.17) is 0 Å². The lowest BCUT2D eigenvalue weighted by Gasteiger charge is -2.13. The largest absolute Gasteiger partial charge is 0.221 e. The van der Waals surface area contributed by atoms with Gasteiger partial charge in [-0.3, -0.25) is 0 Å². The van der Waals surface area contributed by atoms with Crippen LogP contribution in [0.1, 0.15) is 203 Å². The fourth-order valence-electron chi connectivity index (χ4n) is 23.1. The first-order valence-electron chi connectivity index (χ1n) is 49.2. The number of hydrogen-bond acceptors (Lipinski definition) is 0. The third kappa shape index (κ3) is 17.2. The van der Waals surface area contributed by atoms with E-state index >= 15 is 0 Å². The van der Waals surface area contributed by atoms with Crippen molar-refractivity contribution in [3.8, 4) is 67.5 Å². The average molecular weight is 1740 g/mol. The van der Waals surface area contributed by atoms with Crippen LogP contribution in [-0.4, -0.2) is 0 Å². The van der Waals surface area contributed by atoms with Crippen molar-refractivity contribution in [2.24, 2.45) is 23.7 Å². The predicted octanol–water partition coefficient (Wildman–Crippen LogP) is 28.6. The lowest BCUT2D eigenvalue weighted by Crippen LogP contribution is -2.38. The maximum absolute atomic E-state index is 2.55. The van der Waals surface area contributed by atoms with Gasteiger partial charge in [0, 0.05) is 106 Å². The summed E-state index contributed by atoms with van der Waals surface area (Å²) in [6, 6.07) is 93.2. The van der Waals surface area contributed by atoms with Crippen molar-refractivity contribution in [3.05, 3.63) is 389 Å². The number of nitrogens with zero attached hydrogens (tertiary/aromatic N) is 6. The maximum Gasteiger partial charge on any atom is 0.221 e. The zero-order valence-corrected chi connectivity index (χ0v) is 83.0. The molecular formula is C127H134N6+6. The van der Waals surface area contributed by atoms with E-state index in [1.165, 1.54) is 262 Å². The van der Waals surface area contributed by atoms with Crippen LogP contribution >= 0.6 is 0 Å². The Bertz CT molecular complexity index is 7750. The third-order valence-electron chi connectivity index (χ3n) is 28.9. The van der Waals surface area contributed by atoms with E-state index in [1.54, 1.807) is 5.56 Å². The number of aryl methyl sites for hydroxylation is 12. The van der Waals surface area contributed by atoms with Gasteiger partial charge in [-0.2, -0.15) is 27.4 Å². The van der Waals surface area contributed by atoms with Gasteiger partial charge in [-0.25, -0.2) is 0 Å². The van der Waals surface area contributed by atoms with Gasteiger partial charge in [-0.15, -0.1) is 0 Å². The first-order chi connectivity index (χ1) is 63.9. The molecule has 0 unspecified atom stereocenters. The summed E-state index contributed by atoms with van der Waals surface area (Å²) in [5, 5.41) is 13.6. The van der Waals surface area contributed by atoms with Crippen LogP contribution in [-0.2, 0) is 65.0 Å². The number of fused-ring (bicyclic) bond motifs is 30. The first-order valence-corrected chi connectivity index (χ1v) is 49.2. The Hall–Kier alpha value is -12.9. The van der Waals surface area contributed by atoms with Gasteiger partial charge in [-0.1, -0.05) is 191 Å². The molecule has 0 saturated carbocycles. The Labute approximate surface area is 790 Å².